The van der Waals surface area contributed by atoms with Gasteiger partial charge in [-0.05, 0) is 30.3 Å². The third-order valence-electron chi connectivity index (χ3n) is 3.65. The highest BCUT2D eigenvalue weighted by Crippen LogP contribution is 2.27. The molecule has 0 saturated heterocycles. The van der Waals surface area contributed by atoms with Crippen LogP contribution >= 0.6 is 23.4 Å². The van der Waals surface area contributed by atoms with Gasteiger partial charge in [-0.3, -0.25) is 9.59 Å². The van der Waals surface area contributed by atoms with E-state index in [9.17, 15) is 14.0 Å². The minimum Gasteiger partial charge on any atom is -0.495 e. The van der Waals surface area contributed by atoms with Gasteiger partial charge in [-0.25, -0.2) is 4.39 Å². The summed E-state index contributed by atoms with van der Waals surface area (Å²) < 4.78 is 18.7. The van der Waals surface area contributed by atoms with Crippen molar-refractivity contribution in [3.63, 3.8) is 0 Å². The van der Waals surface area contributed by atoms with Crippen molar-refractivity contribution in [3.05, 3.63) is 53.3 Å². The fourth-order valence-electron chi connectivity index (χ4n) is 2.27. The Morgan fingerprint density at radius 1 is 1.26 bits per heavy atom. The normalized spacial score (nSPS) is 10.4. The second-order valence-electron chi connectivity index (χ2n) is 5.67. The lowest BCUT2D eigenvalue weighted by molar-refractivity contribution is -0.132. The molecule has 2 aromatic carbocycles. The minimum absolute atomic E-state index is 0.112. The fraction of sp³-hybridized carbons (Fsp3) is 0.263. The van der Waals surface area contributed by atoms with Crippen molar-refractivity contribution in [2.24, 2.45) is 0 Å². The number of carbonyl (C=O) groups excluding carboxylic acids is 2. The van der Waals surface area contributed by atoms with Crippen molar-refractivity contribution in [2.75, 3.05) is 31.8 Å². The Labute approximate surface area is 166 Å². The molecule has 0 heterocycles. The molecule has 27 heavy (non-hydrogen) atoms. The van der Waals surface area contributed by atoms with Crippen molar-refractivity contribution < 1.29 is 18.7 Å². The van der Waals surface area contributed by atoms with Crippen molar-refractivity contribution in [1.29, 1.82) is 0 Å². The zero-order valence-corrected chi connectivity index (χ0v) is 16.6. The first-order valence-electron chi connectivity index (χ1n) is 8.15. The molecule has 0 aliphatic rings. The van der Waals surface area contributed by atoms with E-state index >= 15 is 0 Å². The van der Waals surface area contributed by atoms with Gasteiger partial charge in [0, 0.05) is 29.1 Å². The number of carbonyl (C=O) groups is 2. The van der Waals surface area contributed by atoms with Gasteiger partial charge in [0.15, 0.2) is 0 Å². The van der Waals surface area contributed by atoms with E-state index in [2.05, 4.69) is 5.32 Å². The molecule has 0 aromatic heterocycles. The van der Waals surface area contributed by atoms with E-state index in [0.717, 1.165) is 0 Å². The highest BCUT2D eigenvalue weighted by atomic mass is 35.5. The first-order chi connectivity index (χ1) is 12.9. The van der Waals surface area contributed by atoms with E-state index in [1.165, 1.54) is 29.8 Å². The quantitative estimate of drug-likeness (QED) is 0.666. The first-order valence-corrected chi connectivity index (χ1v) is 9.51. The van der Waals surface area contributed by atoms with Gasteiger partial charge >= 0.3 is 0 Å². The van der Waals surface area contributed by atoms with Gasteiger partial charge in [0.2, 0.25) is 11.8 Å². The molecule has 0 saturated carbocycles. The van der Waals surface area contributed by atoms with Gasteiger partial charge in [-0.2, -0.15) is 0 Å². The molecule has 0 aliphatic heterocycles. The topological polar surface area (TPSA) is 58.6 Å². The van der Waals surface area contributed by atoms with Gasteiger partial charge in [0.1, 0.15) is 11.6 Å². The second-order valence-corrected chi connectivity index (χ2v) is 7.24. The molecule has 2 amide bonds. The highest BCUT2D eigenvalue weighted by Gasteiger charge is 2.15. The van der Waals surface area contributed by atoms with E-state index in [1.54, 1.807) is 43.4 Å². The van der Waals surface area contributed by atoms with Crippen LogP contribution in [0.4, 0.5) is 10.1 Å². The molecule has 0 aliphatic carbocycles. The van der Waals surface area contributed by atoms with Crippen LogP contribution in [0.15, 0.2) is 47.4 Å². The van der Waals surface area contributed by atoms with Crippen molar-refractivity contribution in [3.8, 4) is 5.75 Å². The van der Waals surface area contributed by atoms with Crippen molar-refractivity contribution >= 4 is 40.9 Å². The summed E-state index contributed by atoms with van der Waals surface area (Å²) in [5.74, 6) is 0.0230. The van der Waals surface area contributed by atoms with Crippen LogP contribution in [0.25, 0.3) is 0 Å². The average molecular weight is 411 g/mol. The summed E-state index contributed by atoms with van der Waals surface area (Å²) in [6.45, 7) is -0.112. The summed E-state index contributed by atoms with van der Waals surface area (Å²) in [6.07, 6.45) is 0.198. The number of ether oxygens (including phenoxy) is 1. The van der Waals surface area contributed by atoms with Crippen LogP contribution in [0.1, 0.15) is 6.42 Å². The zero-order chi connectivity index (χ0) is 19.8. The molecular formula is C19H20ClFN2O3S. The summed E-state index contributed by atoms with van der Waals surface area (Å²) in [5.41, 5.74) is 0.436. The molecule has 1 N–H and O–H groups in total. The molecule has 5 nitrogen and oxygen atoms in total. The SMILES string of the molecule is COc1ccc(Cl)cc1NC(=O)CN(C)C(=O)CCSc1ccccc1F. The van der Waals surface area contributed by atoms with Crippen LogP contribution in [0.2, 0.25) is 5.02 Å². The lowest BCUT2D eigenvalue weighted by atomic mass is 10.3. The maximum atomic E-state index is 13.6. The third kappa shape index (κ3) is 6.45. The van der Waals surface area contributed by atoms with Crippen LogP contribution in [-0.4, -0.2) is 43.2 Å². The number of methoxy groups -OCH3 is 1. The standard InChI is InChI=1S/C19H20ClFN2O3S/c1-23(19(25)9-10-27-17-6-4-3-5-14(17)21)12-18(24)22-15-11-13(20)7-8-16(15)26-2/h3-8,11H,9-10,12H2,1-2H3,(H,22,24). The van der Waals surface area contributed by atoms with Crippen LogP contribution in [0.3, 0.4) is 0 Å². The van der Waals surface area contributed by atoms with E-state index in [-0.39, 0.29) is 30.6 Å². The summed E-state index contributed by atoms with van der Waals surface area (Å²) >= 11 is 7.20. The molecule has 0 atom stereocenters. The van der Waals surface area contributed by atoms with Gasteiger partial charge in [0.05, 0.1) is 19.3 Å². The maximum absolute atomic E-state index is 13.6. The minimum atomic E-state index is -0.367. The number of nitrogens with zero attached hydrogens (tertiary/aromatic N) is 1. The average Bonchev–Trinajstić information content (AvgIpc) is 2.63. The second kappa shape index (κ2) is 10.2. The Hall–Kier alpha value is -2.25. The van der Waals surface area contributed by atoms with Crippen molar-refractivity contribution in [1.82, 2.24) is 4.90 Å². The predicted molar refractivity (Wildman–Crippen MR) is 106 cm³/mol. The maximum Gasteiger partial charge on any atom is 0.244 e. The highest BCUT2D eigenvalue weighted by molar-refractivity contribution is 7.99. The van der Waals surface area contributed by atoms with E-state index in [0.29, 0.717) is 27.1 Å². The molecule has 0 bridgehead atoms. The Morgan fingerprint density at radius 2 is 2.00 bits per heavy atom. The van der Waals surface area contributed by atoms with Crippen LogP contribution in [-0.2, 0) is 9.59 Å². The predicted octanol–water partition coefficient (Wildman–Crippen LogP) is 4.07. The number of hydrogen-bond acceptors (Lipinski definition) is 4. The number of anilines is 1. The number of benzene rings is 2. The van der Waals surface area contributed by atoms with E-state index in [1.807, 2.05) is 0 Å². The van der Waals surface area contributed by atoms with Gasteiger partial charge in [-0.1, -0.05) is 23.7 Å². The molecule has 0 radical (unpaired) electrons. The van der Waals surface area contributed by atoms with E-state index < -0.39 is 0 Å². The van der Waals surface area contributed by atoms with Crippen LogP contribution in [0, 0.1) is 5.82 Å². The summed E-state index contributed by atoms with van der Waals surface area (Å²) in [4.78, 5) is 26.2. The molecule has 0 spiro atoms. The van der Waals surface area contributed by atoms with Gasteiger partial charge in [0.25, 0.3) is 0 Å². The third-order valence-corrected chi connectivity index (χ3v) is 4.94. The summed E-state index contributed by atoms with van der Waals surface area (Å²) in [5, 5.41) is 3.14. The fourth-order valence-corrected chi connectivity index (χ4v) is 3.32. The summed E-state index contributed by atoms with van der Waals surface area (Å²) in [7, 11) is 3.03. The Morgan fingerprint density at radius 3 is 2.70 bits per heavy atom. The van der Waals surface area contributed by atoms with Crippen LogP contribution < -0.4 is 10.1 Å². The molecule has 2 rings (SSSR count). The largest absolute Gasteiger partial charge is 0.495 e. The number of halogens is 2. The molecule has 2 aromatic rings. The summed E-state index contributed by atoms with van der Waals surface area (Å²) in [6, 6.07) is 11.3. The molecule has 8 heteroatoms. The van der Waals surface area contributed by atoms with Crippen LogP contribution in [0.5, 0.6) is 5.75 Å². The Bertz CT molecular complexity index is 819. The number of nitrogens with one attached hydrogen (secondary N) is 1. The smallest absolute Gasteiger partial charge is 0.244 e. The first kappa shape index (κ1) is 21.1. The molecule has 0 fully saturated rings. The van der Waals surface area contributed by atoms with Gasteiger partial charge in [-0.15, -0.1) is 11.8 Å². The number of rotatable bonds is 8. The number of likely N-dealkylation sites (N-methyl/N-ethyl adjacent to an activating group) is 1. The van der Waals surface area contributed by atoms with Gasteiger partial charge < -0.3 is 15.0 Å². The molecule has 144 valence electrons. The number of thioether (sulfide) groups is 1. The van der Waals surface area contributed by atoms with E-state index in [4.69, 9.17) is 16.3 Å². The lowest BCUT2D eigenvalue weighted by Gasteiger charge is -2.17. The Kier molecular flexibility index (Phi) is 7.94. The Balaban J connectivity index is 1.82. The molecular weight excluding hydrogens is 391 g/mol. The lowest BCUT2D eigenvalue weighted by Crippen LogP contribution is -2.35. The number of amides is 2. The molecule has 0 unspecified atom stereocenters. The zero-order valence-electron chi connectivity index (χ0n) is 15.0. The monoisotopic (exact) mass is 410 g/mol. The van der Waals surface area contributed by atoms with Crippen molar-refractivity contribution in [2.45, 2.75) is 11.3 Å². The number of hydrogen-bond donors (Lipinski definition) is 1.